The number of nitrogen functional groups attached to an aromatic ring is 1. The number of fused-ring (bicyclic) bond motifs is 1. The Morgan fingerprint density at radius 1 is 1.35 bits per heavy atom. The maximum Gasteiger partial charge on any atom is 0.407 e. The van der Waals surface area contributed by atoms with Crippen molar-refractivity contribution in [2.75, 3.05) is 18.8 Å². The molecule has 23 heavy (non-hydrogen) atoms. The Bertz CT molecular complexity index is 576. The van der Waals surface area contributed by atoms with E-state index in [0.717, 1.165) is 25.1 Å². The lowest BCUT2D eigenvalue weighted by Crippen LogP contribution is -2.32. The Morgan fingerprint density at radius 2 is 2.09 bits per heavy atom. The van der Waals surface area contributed by atoms with Crippen molar-refractivity contribution in [3.8, 4) is 0 Å². The molecule has 0 heterocycles. The summed E-state index contributed by atoms with van der Waals surface area (Å²) in [4.78, 5) is 11.5. The molecule has 0 radical (unpaired) electrons. The molecule has 1 amide bonds. The first-order valence-corrected chi connectivity index (χ1v) is 8.09. The molecule has 0 saturated heterocycles. The Labute approximate surface area is 138 Å². The predicted molar refractivity (Wildman–Crippen MR) is 93.3 cm³/mol. The zero-order valence-electron chi connectivity index (χ0n) is 14.2. The number of nitrogens with two attached hydrogens (primary N) is 1. The summed E-state index contributed by atoms with van der Waals surface area (Å²) in [5.74, 6) is 0. The van der Waals surface area contributed by atoms with Gasteiger partial charge in [0.15, 0.2) is 0 Å². The van der Waals surface area contributed by atoms with Crippen molar-refractivity contribution in [3.05, 3.63) is 41.5 Å². The summed E-state index contributed by atoms with van der Waals surface area (Å²) in [6, 6.07) is 6.52. The van der Waals surface area contributed by atoms with Gasteiger partial charge in [-0.3, -0.25) is 0 Å². The molecule has 0 aliphatic heterocycles. The second-order valence-corrected chi connectivity index (χ2v) is 6.81. The molecular weight excluding hydrogens is 290 g/mol. The van der Waals surface area contributed by atoms with Crippen LogP contribution in [0.2, 0.25) is 0 Å². The average Bonchev–Trinajstić information content (AvgIpc) is 2.83. The zero-order chi connectivity index (χ0) is 16.9. The lowest BCUT2D eigenvalue weighted by atomic mass is 10.1. The van der Waals surface area contributed by atoms with Crippen LogP contribution in [0.15, 0.2) is 30.4 Å². The highest BCUT2D eigenvalue weighted by atomic mass is 16.6. The van der Waals surface area contributed by atoms with Gasteiger partial charge in [-0.05, 0) is 56.9 Å². The van der Waals surface area contributed by atoms with Gasteiger partial charge in [0.1, 0.15) is 5.60 Å². The predicted octanol–water partition coefficient (Wildman–Crippen LogP) is 2.93. The first-order chi connectivity index (χ1) is 10.8. The van der Waals surface area contributed by atoms with Gasteiger partial charge in [-0.15, -0.1) is 0 Å². The molecule has 126 valence electrons. The van der Waals surface area contributed by atoms with E-state index >= 15 is 0 Å². The molecule has 1 unspecified atom stereocenters. The molecule has 2 rings (SSSR count). The number of carbonyl (C=O) groups excluding carboxylic acids is 1. The smallest absolute Gasteiger partial charge is 0.407 e. The number of rotatable bonds is 5. The van der Waals surface area contributed by atoms with Gasteiger partial charge in [0.2, 0.25) is 0 Å². The molecule has 0 saturated carbocycles. The second-order valence-electron chi connectivity index (χ2n) is 6.81. The Balaban J connectivity index is 1.68. The van der Waals surface area contributed by atoms with Crippen LogP contribution in [-0.4, -0.2) is 24.8 Å². The summed E-state index contributed by atoms with van der Waals surface area (Å²) in [6.07, 6.45) is 5.73. The zero-order valence-corrected chi connectivity index (χ0v) is 14.2. The fourth-order valence-electron chi connectivity index (χ4n) is 2.68. The van der Waals surface area contributed by atoms with Gasteiger partial charge in [0.05, 0.1) is 0 Å². The minimum atomic E-state index is -0.464. The topological polar surface area (TPSA) is 76.4 Å². The Morgan fingerprint density at radius 3 is 2.83 bits per heavy atom. The summed E-state index contributed by atoms with van der Waals surface area (Å²) in [5, 5.41) is 6.21. The molecule has 5 nitrogen and oxygen atoms in total. The third kappa shape index (κ3) is 5.60. The first-order valence-electron chi connectivity index (χ1n) is 8.09. The fraction of sp³-hybridized carbons (Fsp3) is 0.500. The number of anilines is 1. The molecule has 1 atom stereocenters. The largest absolute Gasteiger partial charge is 0.444 e. The summed E-state index contributed by atoms with van der Waals surface area (Å²) in [6.45, 7) is 6.77. The van der Waals surface area contributed by atoms with E-state index in [0.29, 0.717) is 12.6 Å². The summed E-state index contributed by atoms with van der Waals surface area (Å²) in [5.41, 5.74) is 8.88. The van der Waals surface area contributed by atoms with E-state index in [-0.39, 0.29) is 0 Å². The van der Waals surface area contributed by atoms with Crippen LogP contribution in [0, 0.1) is 0 Å². The van der Waals surface area contributed by atoms with Gasteiger partial charge in [-0.1, -0.05) is 18.2 Å². The van der Waals surface area contributed by atoms with Gasteiger partial charge in [0, 0.05) is 24.8 Å². The van der Waals surface area contributed by atoms with Gasteiger partial charge < -0.3 is 21.1 Å². The third-order valence-corrected chi connectivity index (χ3v) is 3.66. The number of hydrogen-bond acceptors (Lipinski definition) is 4. The van der Waals surface area contributed by atoms with Crippen LogP contribution in [0.3, 0.4) is 0 Å². The van der Waals surface area contributed by atoms with E-state index < -0.39 is 11.7 Å². The van der Waals surface area contributed by atoms with Crippen molar-refractivity contribution in [1.82, 2.24) is 10.6 Å². The van der Waals surface area contributed by atoms with Gasteiger partial charge in [0.25, 0.3) is 0 Å². The summed E-state index contributed by atoms with van der Waals surface area (Å²) in [7, 11) is 0. The molecular formula is C18H27N3O2. The number of aryl methyl sites for hydroxylation is 1. The van der Waals surface area contributed by atoms with Gasteiger partial charge in [-0.2, -0.15) is 0 Å². The molecule has 1 aliphatic rings. The number of ether oxygens (including phenoxy) is 1. The van der Waals surface area contributed by atoms with Crippen LogP contribution in [0.4, 0.5) is 10.5 Å². The van der Waals surface area contributed by atoms with Crippen LogP contribution in [0.1, 0.15) is 44.4 Å². The van der Waals surface area contributed by atoms with E-state index in [4.69, 9.17) is 10.5 Å². The molecule has 5 heteroatoms. The van der Waals surface area contributed by atoms with Crippen molar-refractivity contribution < 1.29 is 9.53 Å². The molecule has 1 aliphatic carbocycles. The quantitative estimate of drug-likeness (QED) is 0.576. The van der Waals surface area contributed by atoms with E-state index in [9.17, 15) is 4.79 Å². The fourth-order valence-corrected chi connectivity index (χ4v) is 2.68. The lowest BCUT2D eigenvalue weighted by molar-refractivity contribution is 0.0534. The molecule has 0 fully saturated rings. The van der Waals surface area contributed by atoms with E-state index in [1.807, 2.05) is 39.0 Å². The van der Waals surface area contributed by atoms with Crippen LogP contribution >= 0.6 is 0 Å². The highest BCUT2D eigenvalue weighted by Gasteiger charge is 2.21. The third-order valence-electron chi connectivity index (χ3n) is 3.66. The lowest BCUT2D eigenvalue weighted by Gasteiger charge is -2.19. The van der Waals surface area contributed by atoms with Crippen molar-refractivity contribution >= 4 is 11.8 Å². The maximum atomic E-state index is 11.5. The Kier molecular flexibility index (Phi) is 5.66. The molecule has 0 aromatic heterocycles. The number of alkyl carbamates (subject to hydrolysis) is 1. The van der Waals surface area contributed by atoms with Crippen LogP contribution < -0.4 is 16.4 Å². The number of hydrogen-bond donors (Lipinski definition) is 3. The minimum absolute atomic E-state index is 0.383. The molecule has 4 N–H and O–H groups in total. The number of amides is 1. The molecule has 1 aromatic carbocycles. The van der Waals surface area contributed by atoms with Crippen LogP contribution in [0.25, 0.3) is 0 Å². The van der Waals surface area contributed by atoms with Crippen molar-refractivity contribution in [3.63, 3.8) is 0 Å². The minimum Gasteiger partial charge on any atom is -0.444 e. The van der Waals surface area contributed by atoms with Gasteiger partial charge in [-0.25, -0.2) is 4.79 Å². The van der Waals surface area contributed by atoms with E-state index in [1.54, 1.807) is 0 Å². The van der Waals surface area contributed by atoms with E-state index in [2.05, 4.69) is 22.8 Å². The van der Waals surface area contributed by atoms with Crippen molar-refractivity contribution in [2.24, 2.45) is 0 Å². The maximum absolute atomic E-state index is 11.5. The summed E-state index contributed by atoms with van der Waals surface area (Å²) >= 11 is 0. The van der Waals surface area contributed by atoms with Crippen molar-refractivity contribution in [2.45, 2.75) is 45.3 Å². The number of nitrogens with one attached hydrogen (secondary N) is 2. The highest BCUT2D eigenvalue weighted by Crippen LogP contribution is 2.32. The monoisotopic (exact) mass is 317 g/mol. The van der Waals surface area contributed by atoms with Crippen LogP contribution in [-0.2, 0) is 11.2 Å². The normalized spacial score (nSPS) is 17.3. The molecule has 0 bridgehead atoms. The number of benzene rings is 1. The number of carbonyl (C=O) groups is 1. The van der Waals surface area contributed by atoms with Gasteiger partial charge >= 0.3 is 6.09 Å². The second kappa shape index (κ2) is 7.51. The first kappa shape index (κ1) is 17.3. The SMILES string of the molecule is CC(C)(C)OC(=O)NC/C=C/CNC1CCc2cc(N)ccc21. The summed E-state index contributed by atoms with van der Waals surface area (Å²) < 4.78 is 5.16. The Hall–Kier alpha value is -2.01. The standard InChI is InChI=1S/C18H27N3O2/c1-18(2,3)23-17(22)21-11-5-4-10-20-16-9-6-13-12-14(19)7-8-15(13)16/h4-5,7-8,12,16,20H,6,9-11,19H2,1-3H3,(H,21,22)/b5-4+. The van der Waals surface area contributed by atoms with E-state index in [1.165, 1.54) is 11.1 Å². The average molecular weight is 317 g/mol. The molecule has 0 spiro atoms. The molecule has 1 aromatic rings. The highest BCUT2D eigenvalue weighted by molar-refractivity contribution is 5.67. The van der Waals surface area contributed by atoms with Crippen LogP contribution in [0.5, 0.6) is 0 Å². The van der Waals surface area contributed by atoms with Crippen molar-refractivity contribution in [1.29, 1.82) is 0 Å².